The summed E-state index contributed by atoms with van der Waals surface area (Å²) in [5.74, 6) is 1.21. The van der Waals surface area contributed by atoms with Crippen molar-refractivity contribution in [2.75, 3.05) is 40.0 Å². The van der Waals surface area contributed by atoms with Gasteiger partial charge in [0.05, 0.1) is 20.3 Å². The number of hydrogen-bond donors (Lipinski definition) is 0. The van der Waals surface area contributed by atoms with Gasteiger partial charge in [0.1, 0.15) is 5.75 Å². The summed E-state index contributed by atoms with van der Waals surface area (Å²) in [7, 11) is 1.66. The summed E-state index contributed by atoms with van der Waals surface area (Å²) >= 11 is 0. The Balaban J connectivity index is 1.71. The van der Waals surface area contributed by atoms with Gasteiger partial charge in [-0.3, -0.25) is 9.69 Å². The smallest absolute Gasteiger partial charge is 0.167 e. The molecular formula is C15H19NO3. The summed E-state index contributed by atoms with van der Waals surface area (Å²) in [5.41, 5.74) is 2.00. The maximum Gasteiger partial charge on any atom is 0.167 e. The third-order valence-electron chi connectivity index (χ3n) is 4.00. The average Bonchev–Trinajstić information content (AvgIpc) is 2.76. The lowest BCUT2D eigenvalue weighted by molar-refractivity contribution is 0.0308. The quantitative estimate of drug-likeness (QED) is 0.824. The van der Waals surface area contributed by atoms with Crippen molar-refractivity contribution >= 4 is 5.78 Å². The molecular weight excluding hydrogens is 242 g/mol. The molecule has 4 nitrogen and oxygen atoms in total. The Kier molecular flexibility index (Phi) is 3.53. The van der Waals surface area contributed by atoms with E-state index >= 15 is 0 Å². The molecule has 1 heterocycles. The van der Waals surface area contributed by atoms with Crippen LogP contribution in [0.4, 0.5) is 0 Å². The molecule has 1 fully saturated rings. The largest absolute Gasteiger partial charge is 0.497 e. The normalized spacial score (nSPS) is 23.4. The highest BCUT2D eigenvalue weighted by Crippen LogP contribution is 2.30. The van der Waals surface area contributed by atoms with Gasteiger partial charge in [-0.05, 0) is 30.2 Å². The first-order chi connectivity index (χ1) is 9.28. The van der Waals surface area contributed by atoms with Crippen LogP contribution in [-0.2, 0) is 11.2 Å². The lowest BCUT2D eigenvalue weighted by atomic mass is 10.0. The van der Waals surface area contributed by atoms with E-state index in [9.17, 15) is 4.79 Å². The van der Waals surface area contributed by atoms with Crippen LogP contribution in [0.5, 0.6) is 5.75 Å². The van der Waals surface area contributed by atoms with E-state index in [-0.39, 0.29) is 11.7 Å². The molecule has 1 aromatic carbocycles. The summed E-state index contributed by atoms with van der Waals surface area (Å²) in [6.45, 7) is 4.27. The molecule has 1 aromatic rings. The molecule has 19 heavy (non-hydrogen) atoms. The molecule has 0 amide bonds. The van der Waals surface area contributed by atoms with Crippen LogP contribution in [-0.4, -0.2) is 50.6 Å². The third kappa shape index (κ3) is 2.51. The van der Waals surface area contributed by atoms with E-state index < -0.39 is 0 Å². The molecule has 1 aliphatic carbocycles. The van der Waals surface area contributed by atoms with Gasteiger partial charge in [0, 0.05) is 31.1 Å². The Bertz CT molecular complexity index is 480. The van der Waals surface area contributed by atoms with Crippen LogP contribution in [0.25, 0.3) is 0 Å². The van der Waals surface area contributed by atoms with Gasteiger partial charge in [-0.2, -0.15) is 0 Å². The number of fused-ring (bicyclic) bond motifs is 1. The minimum absolute atomic E-state index is 0.0974. The third-order valence-corrected chi connectivity index (χ3v) is 4.00. The Morgan fingerprint density at radius 1 is 1.37 bits per heavy atom. The number of ether oxygens (including phenoxy) is 2. The first-order valence-corrected chi connectivity index (χ1v) is 6.79. The molecule has 0 aromatic heterocycles. The monoisotopic (exact) mass is 261 g/mol. The summed E-state index contributed by atoms with van der Waals surface area (Å²) in [6, 6.07) is 5.76. The SMILES string of the molecule is COc1ccc2c(c1)CC(CN1CCOCC1)C2=O. The van der Waals surface area contributed by atoms with Crippen LogP contribution in [0, 0.1) is 5.92 Å². The zero-order chi connectivity index (χ0) is 13.2. The molecule has 0 saturated carbocycles. The van der Waals surface area contributed by atoms with Gasteiger partial charge in [-0.15, -0.1) is 0 Å². The molecule has 0 spiro atoms. The number of methoxy groups -OCH3 is 1. The van der Waals surface area contributed by atoms with Crippen molar-refractivity contribution in [3.8, 4) is 5.75 Å². The van der Waals surface area contributed by atoms with Gasteiger partial charge >= 0.3 is 0 Å². The van der Waals surface area contributed by atoms with E-state index in [0.29, 0.717) is 0 Å². The molecule has 1 unspecified atom stereocenters. The van der Waals surface area contributed by atoms with E-state index in [2.05, 4.69) is 4.90 Å². The Labute approximate surface area is 113 Å². The fraction of sp³-hybridized carbons (Fsp3) is 0.533. The Morgan fingerprint density at radius 2 is 2.16 bits per heavy atom. The van der Waals surface area contributed by atoms with Crippen molar-refractivity contribution in [1.82, 2.24) is 4.90 Å². The number of benzene rings is 1. The molecule has 0 bridgehead atoms. The van der Waals surface area contributed by atoms with E-state index in [1.54, 1.807) is 7.11 Å². The van der Waals surface area contributed by atoms with Gasteiger partial charge in [-0.25, -0.2) is 0 Å². The zero-order valence-corrected chi connectivity index (χ0v) is 11.2. The van der Waals surface area contributed by atoms with Crippen LogP contribution in [0.1, 0.15) is 15.9 Å². The molecule has 2 aliphatic rings. The number of hydrogen-bond acceptors (Lipinski definition) is 4. The molecule has 0 N–H and O–H groups in total. The van der Waals surface area contributed by atoms with Crippen LogP contribution in [0.15, 0.2) is 18.2 Å². The number of carbonyl (C=O) groups excluding carboxylic acids is 1. The van der Waals surface area contributed by atoms with E-state index in [0.717, 1.165) is 56.1 Å². The first-order valence-electron chi connectivity index (χ1n) is 6.79. The maximum atomic E-state index is 12.4. The fourth-order valence-corrected chi connectivity index (χ4v) is 2.93. The number of nitrogens with zero attached hydrogens (tertiary/aromatic N) is 1. The molecule has 102 valence electrons. The van der Waals surface area contributed by atoms with Gasteiger partial charge in [0.2, 0.25) is 0 Å². The standard InChI is InChI=1S/C15H19NO3/c1-18-13-2-3-14-11(9-13)8-12(15(14)17)10-16-4-6-19-7-5-16/h2-3,9,12H,4-8,10H2,1H3. The highest BCUT2D eigenvalue weighted by molar-refractivity contribution is 6.02. The molecule has 1 aliphatic heterocycles. The second-order valence-corrected chi connectivity index (χ2v) is 5.20. The summed E-state index contributed by atoms with van der Waals surface area (Å²) in [5, 5.41) is 0. The predicted molar refractivity (Wildman–Crippen MR) is 71.8 cm³/mol. The fourth-order valence-electron chi connectivity index (χ4n) is 2.93. The predicted octanol–water partition coefficient (Wildman–Crippen LogP) is 1.38. The van der Waals surface area contributed by atoms with Gasteiger partial charge < -0.3 is 9.47 Å². The average molecular weight is 261 g/mol. The number of Topliss-reactive ketones (excluding diaryl/α,β-unsaturated/α-hetero) is 1. The topological polar surface area (TPSA) is 38.8 Å². The van der Waals surface area contributed by atoms with Crippen molar-refractivity contribution in [2.45, 2.75) is 6.42 Å². The van der Waals surface area contributed by atoms with Gasteiger partial charge in [0.15, 0.2) is 5.78 Å². The van der Waals surface area contributed by atoms with Crippen LogP contribution in [0.2, 0.25) is 0 Å². The van der Waals surface area contributed by atoms with Crippen molar-refractivity contribution in [3.63, 3.8) is 0 Å². The molecule has 1 saturated heterocycles. The van der Waals surface area contributed by atoms with Crippen LogP contribution < -0.4 is 4.74 Å². The molecule has 4 heteroatoms. The second-order valence-electron chi connectivity index (χ2n) is 5.20. The van der Waals surface area contributed by atoms with E-state index in [1.807, 2.05) is 18.2 Å². The summed E-state index contributed by atoms with van der Waals surface area (Å²) in [6.07, 6.45) is 0.836. The van der Waals surface area contributed by atoms with E-state index in [1.165, 1.54) is 0 Å². The molecule has 3 rings (SSSR count). The van der Waals surface area contributed by atoms with Crippen molar-refractivity contribution in [1.29, 1.82) is 0 Å². The molecule has 1 atom stereocenters. The van der Waals surface area contributed by atoms with Crippen molar-refractivity contribution in [2.24, 2.45) is 5.92 Å². The number of carbonyl (C=O) groups is 1. The van der Waals surface area contributed by atoms with E-state index in [4.69, 9.17) is 9.47 Å². The minimum atomic E-state index is 0.0974. The highest BCUT2D eigenvalue weighted by Gasteiger charge is 2.32. The van der Waals surface area contributed by atoms with Gasteiger partial charge in [0.25, 0.3) is 0 Å². The number of rotatable bonds is 3. The van der Waals surface area contributed by atoms with Gasteiger partial charge in [-0.1, -0.05) is 0 Å². The lowest BCUT2D eigenvalue weighted by Gasteiger charge is -2.28. The second kappa shape index (κ2) is 5.31. The van der Waals surface area contributed by atoms with Crippen molar-refractivity contribution < 1.29 is 14.3 Å². The first kappa shape index (κ1) is 12.6. The number of ketones is 1. The molecule has 0 radical (unpaired) electrons. The highest BCUT2D eigenvalue weighted by atomic mass is 16.5. The maximum absolute atomic E-state index is 12.4. The minimum Gasteiger partial charge on any atom is -0.497 e. The van der Waals surface area contributed by atoms with Crippen LogP contribution in [0.3, 0.4) is 0 Å². The lowest BCUT2D eigenvalue weighted by Crippen LogP contribution is -2.40. The Morgan fingerprint density at radius 3 is 2.89 bits per heavy atom. The summed E-state index contributed by atoms with van der Waals surface area (Å²) in [4.78, 5) is 14.7. The zero-order valence-electron chi connectivity index (χ0n) is 11.2. The Hall–Kier alpha value is -1.39. The van der Waals surface area contributed by atoms with Crippen LogP contribution >= 0.6 is 0 Å². The van der Waals surface area contributed by atoms with Crippen molar-refractivity contribution in [3.05, 3.63) is 29.3 Å². The number of morpholine rings is 1. The summed E-state index contributed by atoms with van der Waals surface area (Å²) < 4.78 is 10.6.